The SMILES string of the molecule is CCc1cc2c(C)c(O)c(O)cc2c(O)c1-c1c(CC)cc2c(C)c(O)c(O)cc2c1O. The molecule has 0 radical (unpaired) electrons. The summed E-state index contributed by atoms with van der Waals surface area (Å²) in [5, 5.41) is 65.2. The van der Waals surface area contributed by atoms with Crippen LogP contribution in [0.2, 0.25) is 0 Å². The Morgan fingerprint density at radius 1 is 0.500 bits per heavy atom. The lowest BCUT2D eigenvalue weighted by molar-refractivity contribution is 0.402. The molecule has 0 saturated heterocycles. The van der Waals surface area contributed by atoms with Crippen molar-refractivity contribution < 1.29 is 30.6 Å². The zero-order valence-corrected chi connectivity index (χ0v) is 18.4. The molecular weight excluding hydrogens is 408 g/mol. The van der Waals surface area contributed by atoms with Crippen LogP contribution in [0.5, 0.6) is 34.5 Å². The molecule has 4 rings (SSSR count). The van der Waals surface area contributed by atoms with Gasteiger partial charge in [0.2, 0.25) is 0 Å². The lowest BCUT2D eigenvalue weighted by Gasteiger charge is -2.21. The third kappa shape index (κ3) is 2.87. The van der Waals surface area contributed by atoms with E-state index in [2.05, 4.69) is 0 Å². The van der Waals surface area contributed by atoms with E-state index in [1.807, 2.05) is 26.0 Å². The van der Waals surface area contributed by atoms with Gasteiger partial charge in [-0.15, -0.1) is 0 Å². The van der Waals surface area contributed by atoms with Crippen molar-refractivity contribution in [2.75, 3.05) is 0 Å². The molecule has 4 aromatic carbocycles. The normalized spacial score (nSPS) is 11.5. The number of aromatic hydroxyl groups is 6. The molecule has 0 aromatic heterocycles. The predicted molar refractivity (Wildman–Crippen MR) is 125 cm³/mol. The standard InChI is InChI=1S/C26H26O6/c1-5-13-7-15-11(3)23(29)19(27)9-17(15)25(31)21(13)22-14(6-2)8-16-12(4)24(30)20(28)10-18(16)26(22)32/h7-10,27-32H,5-6H2,1-4H3. The van der Waals surface area contributed by atoms with E-state index in [1.54, 1.807) is 13.8 Å². The van der Waals surface area contributed by atoms with Gasteiger partial charge in [-0.05, 0) is 72.9 Å². The summed E-state index contributed by atoms with van der Waals surface area (Å²) in [6.45, 7) is 7.19. The molecule has 0 atom stereocenters. The lowest BCUT2D eigenvalue weighted by atomic mass is 9.85. The second kappa shape index (κ2) is 7.41. The van der Waals surface area contributed by atoms with Crippen LogP contribution >= 0.6 is 0 Å². The highest BCUT2D eigenvalue weighted by Gasteiger charge is 2.24. The Labute approximate surface area is 185 Å². The molecule has 0 aliphatic heterocycles. The fraction of sp³-hybridized carbons (Fsp3) is 0.231. The number of rotatable bonds is 3. The molecule has 0 unspecified atom stereocenters. The van der Waals surface area contributed by atoms with Crippen molar-refractivity contribution in [2.45, 2.75) is 40.5 Å². The molecule has 4 aromatic rings. The first-order valence-corrected chi connectivity index (χ1v) is 10.5. The number of fused-ring (bicyclic) bond motifs is 2. The minimum absolute atomic E-state index is 0.109. The van der Waals surface area contributed by atoms with Crippen LogP contribution < -0.4 is 0 Å². The van der Waals surface area contributed by atoms with E-state index in [0.29, 0.717) is 56.6 Å². The van der Waals surface area contributed by atoms with Gasteiger partial charge in [-0.1, -0.05) is 13.8 Å². The third-order valence-corrected chi connectivity index (χ3v) is 6.42. The molecule has 6 N–H and O–H groups in total. The van der Waals surface area contributed by atoms with Gasteiger partial charge < -0.3 is 30.6 Å². The van der Waals surface area contributed by atoms with Crippen molar-refractivity contribution in [1.82, 2.24) is 0 Å². The topological polar surface area (TPSA) is 121 Å². The summed E-state index contributed by atoms with van der Waals surface area (Å²) in [4.78, 5) is 0. The first-order chi connectivity index (χ1) is 15.1. The van der Waals surface area contributed by atoms with Crippen LogP contribution in [-0.4, -0.2) is 30.6 Å². The summed E-state index contributed by atoms with van der Waals surface area (Å²) in [5.41, 5.74) is 3.29. The first kappa shape index (κ1) is 21.4. The smallest absolute Gasteiger partial charge is 0.161 e. The quantitative estimate of drug-likeness (QED) is 0.232. The van der Waals surface area contributed by atoms with Gasteiger partial charge in [0.1, 0.15) is 11.5 Å². The minimum Gasteiger partial charge on any atom is -0.507 e. The molecule has 166 valence electrons. The van der Waals surface area contributed by atoms with Crippen LogP contribution in [0, 0.1) is 13.8 Å². The molecule has 0 saturated carbocycles. The van der Waals surface area contributed by atoms with Gasteiger partial charge in [0, 0.05) is 33.0 Å². The Kier molecular flexibility index (Phi) is 4.96. The van der Waals surface area contributed by atoms with E-state index in [4.69, 9.17) is 0 Å². The van der Waals surface area contributed by atoms with Gasteiger partial charge in [-0.25, -0.2) is 0 Å². The van der Waals surface area contributed by atoms with Gasteiger partial charge in [0.25, 0.3) is 0 Å². The van der Waals surface area contributed by atoms with Crippen LogP contribution in [-0.2, 0) is 12.8 Å². The van der Waals surface area contributed by atoms with E-state index in [0.717, 1.165) is 11.1 Å². The highest BCUT2D eigenvalue weighted by Crippen LogP contribution is 2.51. The van der Waals surface area contributed by atoms with E-state index >= 15 is 0 Å². The van der Waals surface area contributed by atoms with Gasteiger partial charge in [0.05, 0.1) is 0 Å². The van der Waals surface area contributed by atoms with Crippen LogP contribution in [0.15, 0.2) is 24.3 Å². The Morgan fingerprint density at radius 3 is 1.16 bits per heavy atom. The van der Waals surface area contributed by atoms with Crippen molar-refractivity contribution in [3.05, 3.63) is 46.5 Å². The van der Waals surface area contributed by atoms with Crippen molar-refractivity contribution in [3.63, 3.8) is 0 Å². The number of hydrogen-bond acceptors (Lipinski definition) is 6. The second-order valence-corrected chi connectivity index (χ2v) is 8.15. The number of hydrogen-bond donors (Lipinski definition) is 6. The zero-order chi connectivity index (χ0) is 23.5. The number of phenols is 6. The van der Waals surface area contributed by atoms with Crippen molar-refractivity contribution in [2.24, 2.45) is 0 Å². The fourth-order valence-corrected chi connectivity index (χ4v) is 4.55. The predicted octanol–water partition coefficient (Wildman–Crippen LogP) is 5.64. The molecule has 0 amide bonds. The van der Waals surface area contributed by atoms with E-state index in [9.17, 15) is 30.6 Å². The van der Waals surface area contributed by atoms with Crippen LogP contribution in [0.1, 0.15) is 36.1 Å². The maximum absolute atomic E-state index is 11.3. The number of phenolic OH excluding ortho intramolecular Hbond substituents is 6. The Balaban J connectivity index is 2.20. The van der Waals surface area contributed by atoms with Crippen LogP contribution in [0.4, 0.5) is 0 Å². The number of aryl methyl sites for hydroxylation is 4. The van der Waals surface area contributed by atoms with E-state index in [-0.39, 0.29) is 34.5 Å². The van der Waals surface area contributed by atoms with E-state index < -0.39 is 0 Å². The summed E-state index contributed by atoms with van der Waals surface area (Å²) in [7, 11) is 0. The average Bonchev–Trinajstić information content (AvgIpc) is 2.77. The summed E-state index contributed by atoms with van der Waals surface area (Å²) in [5.74, 6) is -1.37. The lowest BCUT2D eigenvalue weighted by Crippen LogP contribution is -1.98. The summed E-state index contributed by atoms with van der Waals surface area (Å²) >= 11 is 0. The highest BCUT2D eigenvalue weighted by molar-refractivity contribution is 6.05. The molecule has 32 heavy (non-hydrogen) atoms. The summed E-state index contributed by atoms with van der Waals surface area (Å²) < 4.78 is 0. The molecule has 0 fully saturated rings. The molecule has 0 aliphatic rings. The molecule has 6 nitrogen and oxygen atoms in total. The summed E-state index contributed by atoms with van der Waals surface area (Å²) in [6.07, 6.45) is 1.08. The van der Waals surface area contributed by atoms with E-state index in [1.165, 1.54) is 12.1 Å². The number of benzene rings is 4. The van der Waals surface area contributed by atoms with Gasteiger partial charge >= 0.3 is 0 Å². The molecule has 0 aliphatic carbocycles. The Morgan fingerprint density at radius 2 is 0.844 bits per heavy atom. The molecular formula is C26H26O6. The van der Waals surface area contributed by atoms with Crippen molar-refractivity contribution in [3.8, 4) is 45.6 Å². The second-order valence-electron chi connectivity index (χ2n) is 8.15. The Bertz CT molecular complexity index is 1310. The maximum Gasteiger partial charge on any atom is 0.161 e. The first-order valence-electron chi connectivity index (χ1n) is 10.5. The highest BCUT2D eigenvalue weighted by atomic mass is 16.3. The van der Waals surface area contributed by atoms with Crippen LogP contribution in [0.25, 0.3) is 32.7 Å². The molecule has 0 spiro atoms. The molecule has 6 heteroatoms. The third-order valence-electron chi connectivity index (χ3n) is 6.42. The zero-order valence-electron chi connectivity index (χ0n) is 18.4. The van der Waals surface area contributed by atoms with Gasteiger partial charge in [-0.3, -0.25) is 0 Å². The fourth-order valence-electron chi connectivity index (χ4n) is 4.55. The van der Waals surface area contributed by atoms with Gasteiger partial charge in [0.15, 0.2) is 23.0 Å². The monoisotopic (exact) mass is 434 g/mol. The molecule has 0 bridgehead atoms. The Hall–Kier alpha value is -3.80. The van der Waals surface area contributed by atoms with Crippen molar-refractivity contribution >= 4 is 21.5 Å². The van der Waals surface area contributed by atoms with Crippen molar-refractivity contribution in [1.29, 1.82) is 0 Å². The molecule has 0 heterocycles. The summed E-state index contributed by atoms with van der Waals surface area (Å²) in [6, 6.07) is 6.32. The largest absolute Gasteiger partial charge is 0.507 e. The average molecular weight is 434 g/mol. The maximum atomic E-state index is 11.3. The van der Waals surface area contributed by atoms with Crippen LogP contribution in [0.3, 0.4) is 0 Å². The van der Waals surface area contributed by atoms with Gasteiger partial charge in [-0.2, -0.15) is 0 Å². The minimum atomic E-state index is -0.338.